The van der Waals surface area contributed by atoms with Crippen LogP contribution in [-0.2, 0) is 22.4 Å². The summed E-state index contributed by atoms with van der Waals surface area (Å²) in [7, 11) is 0. The smallest absolute Gasteiger partial charge is 0.250 e. The monoisotopic (exact) mass is 345 g/mol. The van der Waals surface area contributed by atoms with Gasteiger partial charge in [-0.25, -0.2) is 9.37 Å². The first-order valence-corrected chi connectivity index (χ1v) is 8.28. The molecule has 1 aromatic heterocycles. The molecule has 2 heterocycles. The number of aromatic amines is 1. The highest BCUT2D eigenvalue weighted by Gasteiger charge is 2.24. The van der Waals surface area contributed by atoms with Gasteiger partial charge in [-0.2, -0.15) is 0 Å². The van der Waals surface area contributed by atoms with Crippen LogP contribution in [0.15, 0.2) is 41.5 Å². The number of aryl methyl sites for hydroxylation is 1. The third-order valence-corrected chi connectivity index (χ3v) is 4.25. The molecule has 7 heteroatoms. The Morgan fingerprint density at radius 1 is 1.40 bits per heavy atom. The van der Waals surface area contributed by atoms with Crippen LogP contribution in [0.25, 0.3) is 0 Å². The summed E-state index contributed by atoms with van der Waals surface area (Å²) in [5.41, 5.74) is 0.918. The van der Waals surface area contributed by atoms with Crippen LogP contribution in [0.2, 0.25) is 0 Å². The van der Waals surface area contributed by atoms with E-state index in [2.05, 4.69) is 9.97 Å². The molecule has 1 N–H and O–H groups in total. The standard InChI is InChI=1S/C18H20FN3O3/c19-16-4-2-1-3-13(16)9-18(24)22-7-8-25-15(11-22)6-5-14-10-17(23)21-12-20-14/h1-4,10,12,15H,5-9,11H2,(H,20,21,23). The van der Waals surface area contributed by atoms with Crippen LogP contribution in [0.1, 0.15) is 17.7 Å². The van der Waals surface area contributed by atoms with Crippen molar-refractivity contribution in [1.29, 1.82) is 0 Å². The average Bonchev–Trinajstić information content (AvgIpc) is 2.62. The van der Waals surface area contributed by atoms with Crippen molar-refractivity contribution in [3.63, 3.8) is 0 Å². The van der Waals surface area contributed by atoms with Crippen LogP contribution < -0.4 is 5.56 Å². The number of hydrogen-bond acceptors (Lipinski definition) is 4. The molecule has 0 aliphatic carbocycles. The van der Waals surface area contributed by atoms with Crippen molar-refractivity contribution < 1.29 is 13.9 Å². The van der Waals surface area contributed by atoms with E-state index in [1.807, 2.05) is 0 Å². The lowest BCUT2D eigenvalue weighted by atomic mass is 10.1. The zero-order valence-electron chi connectivity index (χ0n) is 13.8. The lowest BCUT2D eigenvalue weighted by Gasteiger charge is -2.33. The van der Waals surface area contributed by atoms with Gasteiger partial charge in [0.25, 0.3) is 5.56 Å². The second kappa shape index (κ2) is 8.02. The number of amides is 1. The molecule has 0 spiro atoms. The maximum atomic E-state index is 13.7. The number of H-pyrrole nitrogens is 1. The van der Waals surface area contributed by atoms with Crippen LogP contribution in [0.4, 0.5) is 4.39 Å². The van der Waals surface area contributed by atoms with Gasteiger partial charge in [-0.05, 0) is 24.5 Å². The molecule has 1 fully saturated rings. The second-order valence-electron chi connectivity index (χ2n) is 6.04. The van der Waals surface area contributed by atoms with E-state index < -0.39 is 0 Å². The van der Waals surface area contributed by atoms with E-state index in [1.165, 1.54) is 18.5 Å². The van der Waals surface area contributed by atoms with E-state index in [-0.39, 0.29) is 29.8 Å². The summed E-state index contributed by atoms with van der Waals surface area (Å²) in [6, 6.07) is 7.78. The molecule has 1 aliphatic rings. The first kappa shape index (κ1) is 17.3. The maximum absolute atomic E-state index is 13.7. The number of nitrogens with one attached hydrogen (secondary N) is 1. The van der Waals surface area contributed by atoms with Gasteiger partial charge in [-0.1, -0.05) is 18.2 Å². The number of carbonyl (C=O) groups is 1. The van der Waals surface area contributed by atoms with E-state index in [1.54, 1.807) is 23.1 Å². The minimum absolute atomic E-state index is 0.0506. The van der Waals surface area contributed by atoms with Gasteiger partial charge in [0.1, 0.15) is 5.82 Å². The molecular formula is C18H20FN3O3. The van der Waals surface area contributed by atoms with Crippen molar-refractivity contribution in [3.05, 3.63) is 64.1 Å². The van der Waals surface area contributed by atoms with Gasteiger partial charge in [0, 0.05) is 24.8 Å². The Kier molecular flexibility index (Phi) is 5.55. The molecule has 1 atom stereocenters. The highest BCUT2D eigenvalue weighted by atomic mass is 19.1. The highest BCUT2D eigenvalue weighted by molar-refractivity contribution is 5.79. The Bertz CT molecular complexity index is 793. The normalized spacial score (nSPS) is 17.5. The lowest BCUT2D eigenvalue weighted by molar-refractivity contribution is -0.138. The lowest BCUT2D eigenvalue weighted by Crippen LogP contribution is -2.46. The SMILES string of the molecule is O=C(Cc1ccccc1F)N1CCOC(CCc2cc(=O)[nH]cn2)C1. The molecule has 1 aromatic carbocycles. The van der Waals surface area contributed by atoms with Gasteiger partial charge in [-0.15, -0.1) is 0 Å². The van der Waals surface area contributed by atoms with E-state index in [0.717, 1.165) is 0 Å². The predicted octanol–water partition coefficient (Wildman–Crippen LogP) is 1.31. The van der Waals surface area contributed by atoms with Gasteiger partial charge in [0.15, 0.2) is 0 Å². The maximum Gasteiger partial charge on any atom is 0.250 e. The number of nitrogens with zero attached hydrogens (tertiary/aromatic N) is 2. The predicted molar refractivity (Wildman–Crippen MR) is 89.6 cm³/mol. The zero-order chi connectivity index (χ0) is 17.6. The molecule has 0 saturated carbocycles. The molecule has 132 valence electrons. The number of ether oxygens (including phenoxy) is 1. The Labute approximate surface area is 144 Å². The molecule has 0 bridgehead atoms. The van der Waals surface area contributed by atoms with Crippen LogP contribution >= 0.6 is 0 Å². The van der Waals surface area contributed by atoms with Gasteiger partial charge < -0.3 is 14.6 Å². The minimum Gasteiger partial charge on any atom is -0.375 e. The topological polar surface area (TPSA) is 75.3 Å². The quantitative estimate of drug-likeness (QED) is 0.887. The Morgan fingerprint density at radius 3 is 3.04 bits per heavy atom. The van der Waals surface area contributed by atoms with E-state index in [4.69, 9.17) is 4.74 Å². The van der Waals surface area contributed by atoms with Crippen molar-refractivity contribution >= 4 is 5.91 Å². The number of aromatic nitrogens is 2. The van der Waals surface area contributed by atoms with Crippen molar-refractivity contribution in [2.75, 3.05) is 19.7 Å². The van der Waals surface area contributed by atoms with Gasteiger partial charge in [0.2, 0.25) is 5.91 Å². The summed E-state index contributed by atoms with van der Waals surface area (Å²) in [5.74, 6) is -0.464. The van der Waals surface area contributed by atoms with Gasteiger partial charge in [0.05, 0.1) is 25.5 Å². The zero-order valence-corrected chi connectivity index (χ0v) is 13.8. The molecule has 1 amide bonds. The number of hydrogen-bond donors (Lipinski definition) is 1. The molecule has 6 nitrogen and oxygen atoms in total. The van der Waals surface area contributed by atoms with Crippen LogP contribution in [-0.4, -0.2) is 46.6 Å². The fourth-order valence-corrected chi connectivity index (χ4v) is 2.89. The van der Waals surface area contributed by atoms with Crippen LogP contribution in [0.5, 0.6) is 0 Å². The van der Waals surface area contributed by atoms with E-state index in [0.29, 0.717) is 43.8 Å². The Balaban J connectivity index is 1.54. The highest BCUT2D eigenvalue weighted by Crippen LogP contribution is 2.14. The van der Waals surface area contributed by atoms with Gasteiger partial charge in [-0.3, -0.25) is 9.59 Å². The number of benzene rings is 1. The Hall–Kier alpha value is -2.54. The number of rotatable bonds is 5. The second-order valence-corrected chi connectivity index (χ2v) is 6.04. The molecule has 3 rings (SSSR count). The molecule has 1 aliphatic heterocycles. The fourth-order valence-electron chi connectivity index (χ4n) is 2.89. The fraction of sp³-hybridized carbons (Fsp3) is 0.389. The molecule has 2 aromatic rings. The number of morpholine rings is 1. The summed E-state index contributed by atoms with van der Waals surface area (Å²) in [6.07, 6.45) is 2.59. The molecular weight excluding hydrogens is 325 g/mol. The first-order chi connectivity index (χ1) is 12.1. The van der Waals surface area contributed by atoms with E-state index in [9.17, 15) is 14.0 Å². The first-order valence-electron chi connectivity index (χ1n) is 8.28. The minimum atomic E-state index is -0.360. The summed E-state index contributed by atoms with van der Waals surface area (Å²) in [6.45, 7) is 1.43. The molecule has 0 radical (unpaired) electrons. The van der Waals surface area contributed by atoms with Crippen LogP contribution in [0.3, 0.4) is 0 Å². The molecule has 1 saturated heterocycles. The third-order valence-electron chi connectivity index (χ3n) is 4.25. The number of carbonyl (C=O) groups excluding carboxylic acids is 1. The summed E-state index contributed by atoms with van der Waals surface area (Å²) in [4.78, 5) is 32.0. The largest absolute Gasteiger partial charge is 0.375 e. The van der Waals surface area contributed by atoms with Crippen molar-refractivity contribution in [2.45, 2.75) is 25.4 Å². The van der Waals surface area contributed by atoms with Crippen molar-refractivity contribution in [3.8, 4) is 0 Å². The third kappa shape index (κ3) is 4.73. The van der Waals surface area contributed by atoms with Gasteiger partial charge >= 0.3 is 0 Å². The van der Waals surface area contributed by atoms with Crippen LogP contribution in [0, 0.1) is 5.82 Å². The van der Waals surface area contributed by atoms with E-state index >= 15 is 0 Å². The summed E-state index contributed by atoms with van der Waals surface area (Å²) >= 11 is 0. The molecule has 25 heavy (non-hydrogen) atoms. The number of halogens is 1. The molecule has 1 unspecified atom stereocenters. The average molecular weight is 345 g/mol. The van der Waals surface area contributed by atoms with Crippen molar-refractivity contribution in [2.24, 2.45) is 0 Å². The summed E-state index contributed by atoms with van der Waals surface area (Å²) < 4.78 is 19.4. The Morgan fingerprint density at radius 2 is 2.24 bits per heavy atom. The summed E-state index contributed by atoms with van der Waals surface area (Å²) in [5, 5.41) is 0. The van der Waals surface area contributed by atoms with Crippen molar-refractivity contribution in [1.82, 2.24) is 14.9 Å².